The van der Waals surface area contributed by atoms with Crippen LogP contribution in [0.15, 0.2) is 24.3 Å². The highest BCUT2D eigenvalue weighted by atomic mass is 16.4. The summed E-state index contributed by atoms with van der Waals surface area (Å²) in [6.07, 6.45) is -0.0465. The standard InChI is InChI=1S/C15H18N2O3/c1-15(2,14(19)20)8-13(18)17(3)10-12-6-4-11(9-16)5-7-12/h4-7H,8,10H2,1-3H3,(H,19,20). The fourth-order valence-electron chi connectivity index (χ4n) is 1.64. The molecule has 1 aromatic carbocycles. The van der Waals surface area contributed by atoms with E-state index < -0.39 is 11.4 Å². The van der Waals surface area contributed by atoms with Gasteiger partial charge in [-0.3, -0.25) is 9.59 Å². The van der Waals surface area contributed by atoms with Crippen molar-refractivity contribution in [3.8, 4) is 6.07 Å². The number of amides is 1. The largest absolute Gasteiger partial charge is 0.481 e. The Hall–Kier alpha value is -2.35. The van der Waals surface area contributed by atoms with Gasteiger partial charge in [-0.1, -0.05) is 12.1 Å². The molecule has 0 atom stereocenters. The molecule has 0 aromatic heterocycles. The van der Waals surface area contributed by atoms with Crippen LogP contribution in [0, 0.1) is 16.7 Å². The summed E-state index contributed by atoms with van der Waals surface area (Å²) in [5.74, 6) is -1.21. The zero-order valence-corrected chi connectivity index (χ0v) is 11.9. The third-order valence-corrected chi connectivity index (χ3v) is 3.10. The second kappa shape index (κ2) is 6.20. The highest BCUT2D eigenvalue weighted by Crippen LogP contribution is 2.21. The molecule has 1 rings (SSSR count). The van der Waals surface area contributed by atoms with Gasteiger partial charge < -0.3 is 10.0 Å². The van der Waals surface area contributed by atoms with Gasteiger partial charge in [0.2, 0.25) is 5.91 Å². The molecule has 0 saturated heterocycles. The highest BCUT2D eigenvalue weighted by molar-refractivity contribution is 5.84. The van der Waals surface area contributed by atoms with Gasteiger partial charge in [-0.15, -0.1) is 0 Å². The van der Waals surface area contributed by atoms with E-state index in [0.717, 1.165) is 5.56 Å². The molecule has 0 fully saturated rings. The highest BCUT2D eigenvalue weighted by Gasteiger charge is 2.31. The van der Waals surface area contributed by atoms with Crippen molar-refractivity contribution in [2.24, 2.45) is 5.41 Å². The molecule has 0 heterocycles. The van der Waals surface area contributed by atoms with Crippen LogP contribution in [0.5, 0.6) is 0 Å². The van der Waals surface area contributed by atoms with Gasteiger partial charge in [0.25, 0.3) is 0 Å². The van der Waals surface area contributed by atoms with Crippen LogP contribution in [-0.4, -0.2) is 28.9 Å². The van der Waals surface area contributed by atoms with Crippen molar-refractivity contribution in [2.45, 2.75) is 26.8 Å². The van der Waals surface area contributed by atoms with E-state index in [1.165, 1.54) is 18.7 Å². The topological polar surface area (TPSA) is 81.4 Å². The molecule has 5 heteroatoms. The third-order valence-electron chi connectivity index (χ3n) is 3.10. The number of benzene rings is 1. The van der Waals surface area contributed by atoms with E-state index in [4.69, 9.17) is 10.4 Å². The summed E-state index contributed by atoms with van der Waals surface area (Å²) in [6.45, 7) is 3.45. The Labute approximate surface area is 118 Å². The van der Waals surface area contributed by atoms with Crippen molar-refractivity contribution in [3.63, 3.8) is 0 Å². The van der Waals surface area contributed by atoms with Gasteiger partial charge >= 0.3 is 5.97 Å². The number of carboxylic acids is 1. The summed E-state index contributed by atoms with van der Waals surface area (Å²) >= 11 is 0. The van der Waals surface area contributed by atoms with E-state index in [2.05, 4.69) is 0 Å². The minimum absolute atomic E-state index is 0.0465. The predicted octanol–water partition coefficient (Wildman–Crippen LogP) is 2.02. The van der Waals surface area contributed by atoms with E-state index in [1.807, 2.05) is 6.07 Å². The maximum Gasteiger partial charge on any atom is 0.309 e. The molecule has 0 unspecified atom stereocenters. The zero-order chi connectivity index (χ0) is 15.3. The molecule has 0 aliphatic heterocycles. The van der Waals surface area contributed by atoms with Crippen LogP contribution < -0.4 is 0 Å². The number of hydrogen-bond donors (Lipinski definition) is 1. The van der Waals surface area contributed by atoms with Crippen molar-refractivity contribution < 1.29 is 14.7 Å². The number of hydrogen-bond acceptors (Lipinski definition) is 3. The minimum atomic E-state index is -1.07. The Balaban J connectivity index is 2.66. The van der Waals surface area contributed by atoms with E-state index >= 15 is 0 Å². The van der Waals surface area contributed by atoms with Crippen molar-refractivity contribution in [2.75, 3.05) is 7.05 Å². The Bertz CT molecular complexity index is 541. The Morgan fingerprint density at radius 1 is 1.30 bits per heavy atom. The van der Waals surface area contributed by atoms with Gasteiger partial charge in [0.05, 0.1) is 17.0 Å². The molecule has 0 saturated carbocycles. The zero-order valence-electron chi connectivity index (χ0n) is 11.9. The summed E-state index contributed by atoms with van der Waals surface area (Å²) in [4.78, 5) is 24.5. The summed E-state index contributed by atoms with van der Waals surface area (Å²) in [5.41, 5.74) is 0.387. The Kier molecular flexibility index (Phi) is 4.87. The second-order valence-electron chi connectivity index (χ2n) is 5.42. The molecule has 0 spiro atoms. The van der Waals surface area contributed by atoms with Crippen LogP contribution >= 0.6 is 0 Å². The number of nitriles is 1. The molecule has 1 N–H and O–H groups in total. The lowest BCUT2D eigenvalue weighted by atomic mass is 9.89. The Morgan fingerprint density at radius 2 is 1.85 bits per heavy atom. The van der Waals surface area contributed by atoms with E-state index in [0.29, 0.717) is 12.1 Å². The van der Waals surface area contributed by atoms with Crippen molar-refractivity contribution in [3.05, 3.63) is 35.4 Å². The first kappa shape index (κ1) is 15.7. The normalized spacial score (nSPS) is 10.7. The fourth-order valence-corrected chi connectivity index (χ4v) is 1.64. The molecule has 0 aliphatic carbocycles. The van der Waals surface area contributed by atoms with Crippen LogP contribution in [0.4, 0.5) is 0 Å². The molecule has 0 bridgehead atoms. The first-order valence-corrected chi connectivity index (χ1v) is 6.22. The van der Waals surface area contributed by atoms with E-state index in [-0.39, 0.29) is 12.3 Å². The molecule has 1 aromatic rings. The smallest absolute Gasteiger partial charge is 0.309 e. The number of rotatable bonds is 5. The lowest BCUT2D eigenvalue weighted by molar-refractivity contribution is -0.151. The van der Waals surface area contributed by atoms with Gasteiger partial charge in [0.15, 0.2) is 0 Å². The van der Waals surface area contributed by atoms with Gasteiger partial charge in [-0.25, -0.2) is 0 Å². The quantitative estimate of drug-likeness (QED) is 0.890. The second-order valence-corrected chi connectivity index (χ2v) is 5.42. The first-order chi connectivity index (χ1) is 9.26. The molecular weight excluding hydrogens is 256 g/mol. The monoisotopic (exact) mass is 274 g/mol. The molecular formula is C15H18N2O3. The SMILES string of the molecule is CN(Cc1ccc(C#N)cc1)C(=O)CC(C)(C)C(=O)O. The summed E-state index contributed by atoms with van der Waals surface area (Å²) < 4.78 is 0. The van der Waals surface area contributed by atoms with Crippen molar-refractivity contribution in [1.82, 2.24) is 4.90 Å². The van der Waals surface area contributed by atoms with Crippen molar-refractivity contribution >= 4 is 11.9 Å². The fraction of sp³-hybridized carbons (Fsp3) is 0.400. The van der Waals surface area contributed by atoms with E-state index in [1.54, 1.807) is 31.3 Å². The number of carbonyl (C=O) groups is 2. The molecule has 20 heavy (non-hydrogen) atoms. The van der Waals surface area contributed by atoms with Gasteiger partial charge in [-0.2, -0.15) is 5.26 Å². The van der Waals surface area contributed by atoms with Gasteiger partial charge in [-0.05, 0) is 31.5 Å². The average molecular weight is 274 g/mol. The lowest BCUT2D eigenvalue weighted by Gasteiger charge is -2.23. The maximum atomic E-state index is 12.0. The predicted molar refractivity (Wildman–Crippen MR) is 73.7 cm³/mol. The minimum Gasteiger partial charge on any atom is -0.481 e. The van der Waals surface area contributed by atoms with Crippen LogP contribution in [0.1, 0.15) is 31.4 Å². The molecule has 5 nitrogen and oxygen atoms in total. The Morgan fingerprint density at radius 3 is 2.30 bits per heavy atom. The van der Waals surface area contributed by atoms with Crippen LogP contribution in [0.2, 0.25) is 0 Å². The van der Waals surface area contributed by atoms with Crippen LogP contribution in [-0.2, 0) is 16.1 Å². The lowest BCUT2D eigenvalue weighted by Crippen LogP contribution is -2.34. The van der Waals surface area contributed by atoms with Crippen LogP contribution in [0.3, 0.4) is 0 Å². The molecule has 106 valence electrons. The number of carboxylic acid groups (broad SMARTS) is 1. The van der Waals surface area contributed by atoms with Crippen LogP contribution in [0.25, 0.3) is 0 Å². The van der Waals surface area contributed by atoms with Crippen molar-refractivity contribution in [1.29, 1.82) is 5.26 Å². The molecule has 1 amide bonds. The first-order valence-electron chi connectivity index (χ1n) is 6.22. The number of carbonyl (C=O) groups excluding carboxylic acids is 1. The molecule has 0 radical (unpaired) electrons. The van der Waals surface area contributed by atoms with Gasteiger partial charge in [0, 0.05) is 20.0 Å². The maximum absolute atomic E-state index is 12.0. The van der Waals surface area contributed by atoms with E-state index in [9.17, 15) is 9.59 Å². The third kappa shape index (κ3) is 4.09. The van der Waals surface area contributed by atoms with Gasteiger partial charge in [0.1, 0.15) is 0 Å². The molecule has 0 aliphatic rings. The number of aliphatic carboxylic acids is 1. The number of nitrogens with zero attached hydrogens (tertiary/aromatic N) is 2. The summed E-state index contributed by atoms with van der Waals surface area (Å²) in [5, 5.41) is 17.7. The summed E-state index contributed by atoms with van der Waals surface area (Å²) in [7, 11) is 1.64. The average Bonchev–Trinajstić information content (AvgIpc) is 2.38. The summed E-state index contributed by atoms with van der Waals surface area (Å²) in [6, 6.07) is 8.97.